The number of allylic oxidation sites excluding steroid dienone is 4. The summed E-state index contributed by atoms with van der Waals surface area (Å²) in [6.45, 7) is 7.13. The number of piperidine rings is 1. The summed E-state index contributed by atoms with van der Waals surface area (Å²) in [6, 6.07) is 0.493. The van der Waals surface area contributed by atoms with Gasteiger partial charge in [0.1, 0.15) is 0 Å². The molecule has 31 heavy (non-hydrogen) atoms. The van der Waals surface area contributed by atoms with Gasteiger partial charge in [0.2, 0.25) is 5.91 Å². The second-order valence-corrected chi connectivity index (χ2v) is 11.2. The molecule has 0 aromatic carbocycles. The molecule has 3 fully saturated rings. The zero-order chi connectivity index (χ0) is 21.4. The molecule has 0 bridgehead atoms. The van der Waals surface area contributed by atoms with Crippen LogP contribution < -0.4 is 0 Å². The number of aryl methyl sites for hydroxylation is 1. The summed E-state index contributed by atoms with van der Waals surface area (Å²) >= 11 is 0. The van der Waals surface area contributed by atoms with E-state index in [1.165, 1.54) is 37.0 Å². The van der Waals surface area contributed by atoms with Crippen molar-refractivity contribution >= 4 is 11.5 Å². The van der Waals surface area contributed by atoms with E-state index in [2.05, 4.69) is 42.8 Å². The normalized spacial score (nSPS) is 39.4. The molecule has 4 nitrogen and oxygen atoms in total. The van der Waals surface area contributed by atoms with Crippen molar-refractivity contribution in [2.75, 3.05) is 0 Å². The van der Waals surface area contributed by atoms with Crippen LogP contribution in [0.5, 0.6) is 0 Å². The summed E-state index contributed by atoms with van der Waals surface area (Å²) in [4.78, 5) is 24.5. The number of likely N-dealkylation sites (tertiary alicyclic amines) is 1. The van der Waals surface area contributed by atoms with Crippen molar-refractivity contribution in [3.63, 3.8) is 0 Å². The van der Waals surface area contributed by atoms with Crippen LogP contribution in [0, 0.1) is 28.6 Å². The first kappa shape index (κ1) is 19.7. The lowest BCUT2D eigenvalue weighted by Crippen LogP contribution is -2.54. The number of hydrogen-bond donors (Lipinski definition) is 0. The molecule has 0 radical (unpaired) electrons. The van der Waals surface area contributed by atoms with Gasteiger partial charge in [0, 0.05) is 29.8 Å². The average Bonchev–Trinajstić information content (AvgIpc) is 3.54. The van der Waals surface area contributed by atoms with Crippen LogP contribution in [-0.2, 0) is 11.2 Å². The van der Waals surface area contributed by atoms with Gasteiger partial charge in [-0.05, 0) is 80.1 Å². The Labute approximate surface area is 186 Å². The molecule has 5 aliphatic rings. The summed E-state index contributed by atoms with van der Waals surface area (Å²) < 4.78 is 0. The van der Waals surface area contributed by atoms with Crippen molar-refractivity contribution in [3.05, 3.63) is 41.6 Å². The molecule has 1 aliphatic heterocycles. The fourth-order valence-corrected chi connectivity index (χ4v) is 7.79. The van der Waals surface area contributed by atoms with E-state index in [0.29, 0.717) is 29.7 Å². The van der Waals surface area contributed by atoms with E-state index in [1.54, 1.807) is 0 Å². The number of fused-ring (bicyclic) bond motifs is 5. The number of aromatic nitrogens is 2. The molecule has 4 aliphatic carbocycles. The first-order chi connectivity index (χ1) is 15.0. The van der Waals surface area contributed by atoms with Gasteiger partial charge in [-0.1, -0.05) is 32.9 Å². The first-order valence-corrected chi connectivity index (χ1v) is 12.5. The maximum Gasteiger partial charge on any atom is 0.227 e. The predicted octanol–water partition coefficient (Wildman–Crippen LogP) is 5.55. The van der Waals surface area contributed by atoms with E-state index in [0.717, 1.165) is 43.5 Å². The molecule has 164 valence electrons. The van der Waals surface area contributed by atoms with E-state index in [-0.39, 0.29) is 10.8 Å². The van der Waals surface area contributed by atoms with E-state index >= 15 is 0 Å². The summed E-state index contributed by atoms with van der Waals surface area (Å²) in [7, 11) is 0. The van der Waals surface area contributed by atoms with Crippen LogP contribution in [0.15, 0.2) is 30.2 Å². The molecule has 6 rings (SSSR count). The van der Waals surface area contributed by atoms with Crippen molar-refractivity contribution in [1.82, 2.24) is 14.9 Å². The smallest absolute Gasteiger partial charge is 0.227 e. The molecule has 2 saturated carbocycles. The van der Waals surface area contributed by atoms with Crippen molar-refractivity contribution in [3.8, 4) is 0 Å². The Hall–Kier alpha value is -1.97. The van der Waals surface area contributed by atoms with Gasteiger partial charge in [0.15, 0.2) is 0 Å². The van der Waals surface area contributed by atoms with Gasteiger partial charge in [0.25, 0.3) is 0 Å². The molecule has 1 aromatic rings. The molecule has 0 N–H and O–H groups in total. The Bertz CT molecular complexity index is 992. The lowest BCUT2D eigenvalue weighted by molar-refractivity contribution is -0.137. The molecule has 4 heteroatoms. The number of carbonyl (C=O) groups is 1. The Balaban J connectivity index is 1.33. The van der Waals surface area contributed by atoms with Crippen LogP contribution in [0.25, 0.3) is 5.57 Å². The van der Waals surface area contributed by atoms with Gasteiger partial charge >= 0.3 is 0 Å². The number of rotatable bonds is 3. The van der Waals surface area contributed by atoms with Crippen molar-refractivity contribution in [1.29, 1.82) is 0 Å². The van der Waals surface area contributed by atoms with Crippen LogP contribution >= 0.6 is 0 Å². The van der Waals surface area contributed by atoms with Crippen LogP contribution in [0.4, 0.5) is 0 Å². The molecule has 2 heterocycles. The Morgan fingerprint density at radius 2 is 1.87 bits per heavy atom. The number of amides is 1. The fraction of sp³-hybridized carbons (Fsp3) is 0.667. The summed E-state index contributed by atoms with van der Waals surface area (Å²) in [5.41, 5.74) is 5.39. The predicted molar refractivity (Wildman–Crippen MR) is 122 cm³/mol. The minimum absolute atomic E-state index is 0.172. The summed E-state index contributed by atoms with van der Waals surface area (Å²) in [5.74, 6) is 2.46. The number of hydrogen-bond acceptors (Lipinski definition) is 3. The molecule has 1 saturated heterocycles. The third-order valence-electron chi connectivity index (χ3n) is 9.63. The van der Waals surface area contributed by atoms with E-state index < -0.39 is 0 Å². The highest BCUT2D eigenvalue weighted by molar-refractivity contribution is 5.81. The lowest BCUT2D eigenvalue weighted by Gasteiger charge is -2.58. The van der Waals surface area contributed by atoms with Gasteiger partial charge in [-0.15, -0.1) is 0 Å². The third kappa shape index (κ3) is 2.75. The minimum Gasteiger partial charge on any atom is -0.313 e. The zero-order valence-electron chi connectivity index (χ0n) is 19.2. The van der Waals surface area contributed by atoms with Crippen LogP contribution in [-0.4, -0.2) is 26.8 Å². The quantitative estimate of drug-likeness (QED) is 0.647. The van der Waals surface area contributed by atoms with Gasteiger partial charge < -0.3 is 4.90 Å². The van der Waals surface area contributed by atoms with Crippen LogP contribution in [0.2, 0.25) is 0 Å². The number of carbonyl (C=O) groups excluding carboxylic acids is 1. The van der Waals surface area contributed by atoms with E-state index in [4.69, 9.17) is 4.98 Å². The molecular weight excluding hydrogens is 382 g/mol. The average molecular weight is 418 g/mol. The zero-order valence-corrected chi connectivity index (χ0v) is 19.2. The molecule has 0 spiro atoms. The highest BCUT2D eigenvalue weighted by Gasteiger charge is 2.59. The fourth-order valence-electron chi connectivity index (χ4n) is 7.79. The maximum atomic E-state index is 12.8. The maximum absolute atomic E-state index is 12.8. The standard InChI is InChI=1S/C27H35N3O/c1-4-17-15-28-16-23(29-17)22-9-8-20-19-7-10-24-27(3,21(19)11-13-26(20,22)2)14-12-25(31)30(24)18-5-6-18/h9-10,15-16,18-21H,4-8,11-14H2,1-3H3/t19-,20-,21-,26-,27+/m0/s1. The third-order valence-corrected chi connectivity index (χ3v) is 9.63. The second kappa shape index (κ2) is 6.76. The first-order valence-electron chi connectivity index (χ1n) is 12.5. The van der Waals surface area contributed by atoms with Crippen molar-refractivity contribution in [2.45, 2.75) is 84.6 Å². The second-order valence-electron chi connectivity index (χ2n) is 11.2. The molecule has 1 aromatic heterocycles. The van der Waals surface area contributed by atoms with Gasteiger partial charge in [-0.3, -0.25) is 9.78 Å². The summed E-state index contributed by atoms with van der Waals surface area (Å²) in [6.07, 6.45) is 18.7. The van der Waals surface area contributed by atoms with Gasteiger partial charge in [0.05, 0.1) is 17.6 Å². The molecule has 1 amide bonds. The number of nitrogens with zero attached hydrogens (tertiary/aromatic N) is 3. The highest BCUT2D eigenvalue weighted by Crippen LogP contribution is 2.66. The molecule has 5 atom stereocenters. The molecule has 0 unspecified atom stereocenters. The molecular formula is C27H35N3O. The minimum atomic E-state index is 0.172. The lowest BCUT2D eigenvalue weighted by atomic mass is 9.49. The SMILES string of the molecule is CCc1cncc(C2=CC[C@H]3[C@@H]4CC=C5N(C6CC6)C(=O)CC[C@]5(C)[C@H]4CC[C@]23C)n1. The topological polar surface area (TPSA) is 46.1 Å². The van der Waals surface area contributed by atoms with E-state index in [9.17, 15) is 4.79 Å². The van der Waals surface area contributed by atoms with Gasteiger partial charge in [-0.25, -0.2) is 4.98 Å². The monoisotopic (exact) mass is 417 g/mol. The largest absolute Gasteiger partial charge is 0.313 e. The Morgan fingerprint density at radius 3 is 2.65 bits per heavy atom. The van der Waals surface area contributed by atoms with Crippen LogP contribution in [0.1, 0.15) is 83.5 Å². The Morgan fingerprint density at radius 1 is 1.03 bits per heavy atom. The van der Waals surface area contributed by atoms with Crippen molar-refractivity contribution < 1.29 is 4.79 Å². The van der Waals surface area contributed by atoms with E-state index in [1.807, 2.05) is 12.4 Å². The highest BCUT2D eigenvalue weighted by atomic mass is 16.2. The van der Waals surface area contributed by atoms with Crippen molar-refractivity contribution in [2.24, 2.45) is 28.6 Å². The summed E-state index contributed by atoms with van der Waals surface area (Å²) in [5, 5.41) is 0. The Kier molecular flexibility index (Phi) is 4.30. The van der Waals surface area contributed by atoms with Crippen LogP contribution in [0.3, 0.4) is 0 Å². The van der Waals surface area contributed by atoms with Gasteiger partial charge in [-0.2, -0.15) is 0 Å².